The first-order chi connectivity index (χ1) is 13.4. The van der Waals surface area contributed by atoms with Crippen LogP contribution >= 0.6 is 6.49 Å². The minimum absolute atomic E-state index is 0.0613. The molecule has 0 saturated carbocycles. The molecule has 1 amide bonds. The van der Waals surface area contributed by atoms with E-state index >= 15 is 0 Å². The highest BCUT2D eigenvalue weighted by Gasteiger charge is 2.35. The fourth-order valence-electron chi connectivity index (χ4n) is 2.62. The molecule has 6 N–H and O–H groups in total. The number of carbonyl (C=O) groups excluding carboxylic acids is 2. The first-order valence-corrected chi connectivity index (χ1v) is 11.9. The van der Waals surface area contributed by atoms with Gasteiger partial charge in [-0.15, -0.1) is 0 Å². The van der Waals surface area contributed by atoms with E-state index < -0.39 is 18.3 Å². The van der Waals surface area contributed by atoms with E-state index in [2.05, 4.69) is 17.1 Å². The van der Waals surface area contributed by atoms with Crippen LogP contribution in [0.1, 0.15) is 47.0 Å². The third-order valence-electron chi connectivity index (χ3n) is 4.05. The summed E-state index contributed by atoms with van der Waals surface area (Å²) >= 11 is 3.73. The van der Waals surface area contributed by atoms with Crippen LogP contribution in [-0.4, -0.2) is 63.4 Å². The largest absolute Gasteiger partial charge is 0.474 e. The van der Waals surface area contributed by atoms with Gasteiger partial charge in [0.05, 0.1) is 24.9 Å². The van der Waals surface area contributed by atoms with Crippen molar-refractivity contribution in [1.82, 2.24) is 5.32 Å². The van der Waals surface area contributed by atoms with Gasteiger partial charge in [-0.2, -0.15) is 0 Å². The van der Waals surface area contributed by atoms with Gasteiger partial charge in [0.15, 0.2) is 0 Å². The fraction of sp³-hybridized carbons (Fsp3) is 0.706. The topological polar surface area (TPSA) is 168 Å². The van der Waals surface area contributed by atoms with E-state index in [4.69, 9.17) is 30.1 Å². The molecule has 0 heterocycles. The number of nitrogens with one attached hydrogen (secondary N) is 1. The van der Waals surface area contributed by atoms with Crippen LogP contribution in [0.3, 0.4) is 0 Å². The molecular formula is C17H31N2O8PS. The zero-order valence-electron chi connectivity index (χ0n) is 17.0. The molecule has 0 aromatic rings. The molecule has 0 spiro atoms. The Morgan fingerprint density at radius 2 is 1.83 bits per heavy atom. The Labute approximate surface area is 175 Å². The molecule has 12 heteroatoms. The van der Waals surface area contributed by atoms with Gasteiger partial charge >= 0.3 is 11.7 Å². The van der Waals surface area contributed by atoms with Crippen molar-refractivity contribution >= 4 is 35.9 Å². The van der Waals surface area contributed by atoms with Crippen molar-refractivity contribution in [2.75, 3.05) is 6.61 Å². The molecule has 29 heavy (non-hydrogen) atoms. The van der Waals surface area contributed by atoms with Crippen LogP contribution in [0.15, 0.2) is 11.6 Å². The maximum absolute atomic E-state index is 12.0. The number of nitrogens with two attached hydrogens (primary N) is 1. The summed E-state index contributed by atoms with van der Waals surface area (Å²) in [6.07, 6.45) is 3.48. The van der Waals surface area contributed by atoms with Gasteiger partial charge in [-0.25, -0.2) is 9.59 Å². The lowest BCUT2D eigenvalue weighted by Gasteiger charge is -2.36. The lowest BCUT2D eigenvalue weighted by atomic mass is 9.88. The molecule has 0 fully saturated rings. The van der Waals surface area contributed by atoms with Crippen molar-refractivity contribution in [3.05, 3.63) is 11.6 Å². The first kappa shape index (κ1) is 27.6. The summed E-state index contributed by atoms with van der Waals surface area (Å²) in [6.45, 7) is 3.63. The number of carbonyl (C=O) groups is 3. The highest BCUT2D eigenvalue weighted by atomic mass is 32.5. The maximum atomic E-state index is 12.0. The van der Waals surface area contributed by atoms with Crippen molar-refractivity contribution in [2.24, 2.45) is 5.73 Å². The summed E-state index contributed by atoms with van der Waals surface area (Å²) in [5.41, 5.74) is 4.96. The molecule has 1 aliphatic rings. The lowest BCUT2D eigenvalue weighted by Crippen LogP contribution is -2.57. The number of carboxylic acid groups (broad SMARTS) is 1. The highest BCUT2D eigenvalue weighted by molar-refractivity contribution is 8.16. The van der Waals surface area contributed by atoms with Crippen LogP contribution in [0.25, 0.3) is 0 Å². The summed E-state index contributed by atoms with van der Waals surface area (Å²) in [6, 6.07) is -0.719. The summed E-state index contributed by atoms with van der Waals surface area (Å²) < 4.78 is 11.1. The van der Waals surface area contributed by atoms with Gasteiger partial charge in [0.2, 0.25) is 5.91 Å². The summed E-state index contributed by atoms with van der Waals surface area (Å²) in [5.74, 6) is -0.524. The molecule has 1 rings (SSSR count). The second kappa shape index (κ2) is 13.0. The lowest BCUT2D eigenvalue weighted by molar-refractivity contribution is -0.139. The normalized spacial score (nSPS) is 21.5. The molecule has 0 unspecified atom stereocenters. The van der Waals surface area contributed by atoms with Crippen molar-refractivity contribution in [1.29, 1.82) is 0 Å². The van der Waals surface area contributed by atoms with Crippen molar-refractivity contribution in [3.63, 3.8) is 0 Å². The van der Waals surface area contributed by atoms with Crippen LogP contribution < -0.4 is 11.1 Å². The molecule has 168 valence electrons. The van der Waals surface area contributed by atoms with Crippen LogP contribution in [0.5, 0.6) is 0 Å². The highest BCUT2D eigenvalue weighted by Crippen LogP contribution is 2.34. The van der Waals surface area contributed by atoms with E-state index in [0.717, 1.165) is 12.8 Å². The number of ether oxygens (including phenoxy) is 2. The number of amides is 1. The Hall–Kier alpha value is -1.36. The second-order valence-electron chi connectivity index (χ2n) is 6.37. The van der Waals surface area contributed by atoms with Crippen molar-refractivity contribution < 1.29 is 38.8 Å². The molecule has 10 nitrogen and oxygen atoms in total. The van der Waals surface area contributed by atoms with Crippen molar-refractivity contribution in [3.8, 4) is 0 Å². The van der Waals surface area contributed by atoms with Crippen LogP contribution in [0.4, 0.5) is 4.79 Å². The summed E-state index contributed by atoms with van der Waals surface area (Å²) in [5, 5.41) is 10.5. The molecule has 0 bridgehead atoms. The molecule has 0 aromatic carbocycles. The average Bonchev–Trinajstić information content (AvgIpc) is 2.61. The zero-order valence-corrected chi connectivity index (χ0v) is 18.7. The smallest absolute Gasteiger partial charge is 0.387 e. The van der Waals surface area contributed by atoms with Crippen molar-refractivity contribution in [2.45, 2.75) is 71.2 Å². The van der Waals surface area contributed by atoms with E-state index in [1.54, 1.807) is 13.0 Å². The fourth-order valence-corrected chi connectivity index (χ4v) is 2.62. The van der Waals surface area contributed by atoms with Crippen LogP contribution in [0, 0.1) is 0 Å². The molecule has 1 aliphatic carbocycles. The molecule has 0 aromatic heterocycles. The Morgan fingerprint density at radius 3 is 2.21 bits per heavy atom. The predicted octanol–water partition coefficient (Wildman–Crippen LogP) is 1.24. The predicted molar refractivity (Wildman–Crippen MR) is 111 cm³/mol. The van der Waals surface area contributed by atoms with Crippen LogP contribution in [-0.2, 0) is 30.9 Å². The van der Waals surface area contributed by atoms with E-state index in [1.807, 2.05) is 13.8 Å². The number of hydrogen-bond donors (Lipinski definition) is 5. The maximum Gasteiger partial charge on any atom is 0.387 e. The first-order valence-electron chi connectivity index (χ1n) is 9.22. The standard InChI is InChI=1S/C16H28N2O4.CH3O4PS/c1-5-12(6-2)22-14-9-11(16(20)21-7-3)8-13(17)15(14)18-10(4)19;2-1(3)6(4,5)7/h9,12-15H,5-8,17H2,1-4H3,(H,18,19);(H,2,3)(H2,4,5,7)/t13-,14+,15+;/m0./s1. The minimum atomic E-state index is -3.99. The Kier molecular flexibility index (Phi) is 12.4. The second-order valence-corrected chi connectivity index (χ2v) is 9.37. The van der Waals surface area contributed by atoms with Gasteiger partial charge in [0.1, 0.15) is 0 Å². The monoisotopic (exact) mass is 454 g/mol. The Balaban J connectivity index is 0.000000956. The molecule has 0 radical (unpaired) electrons. The quantitative estimate of drug-likeness (QED) is 0.266. The molecule has 0 aliphatic heterocycles. The number of esters is 1. The van der Waals surface area contributed by atoms with E-state index in [1.165, 1.54) is 6.92 Å². The third kappa shape index (κ3) is 10.3. The third-order valence-corrected chi connectivity index (χ3v) is 5.02. The van der Waals surface area contributed by atoms with Gasteiger partial charge in [-0.1, -0.05) is 13.8 Å². The van der Waals surface area contributed by atoms with Gasteiger partial charge < -0.3 is 35.4 Å². The summed E-state index contributed by atoms with van der Waals surface area (Å²) in [7, 11) is 0. The van der Waals surface area contributed by atoms with Gasteiger partial charge in [0.25, 0.3) is 6.49 Å². The minimum Gasteiger partial charge on any atom is -0.474 e. The van der Waals surface area contributed by atoms with E-state index in [-0.39, 0.29) is 30.1 Å². The molecule has 0 saturated heterocycles. The number of hydrogen-bond acceptors (Lipinski definition) is 7. The van der Waals surface area contributed by atoms with E-state index in [0.29, 0.717) is 18.6 Å². The average molecular weight is 454 g/mol. The van der Waals surface area contributed by atoms with E-state index in [9.17, 15) is 14.4 Å². The van der Waals surface area contributed by atoms with Crippen LogP contribution in [0.2, 0.25) is 0 Å². The zero-order chi connectivity index (χ0) is 22.8. The van der Waals surface area contributed by atoms with Gasteiger partial charge in [0, 0.05) is 18.5 Å². The SMILES string of the molecule is CCOC(=O)C1=C[C@@H](OC(CC)CC)[C@H](NC(C)=O)[C@@H](N)C1.O=C(O)P(O)(O)=S. The molecule has 3 atom stereocenters. The summed E-state index contributed by atoms with van der Waals surface area (Å²) in [4.78, 5) is 48.8. The van der Waals surface area contributed by atoms with Gasteiger partial charge in [-0.3, -0.25) is 4.79 Å². The molecular weight excluding hydrogens is 423 g/mol. The Bertz CT molecular complexity index is 647. The Morgan fingerprint density at radius 1 is 1.31 bits per heavy atom. The number of rotatable bonds is 8. The van der Waals surface area contributed by atoms with Gasteiger partial charge in [-0.05, 0) is 44.1 Å².